The van der Waals surface area contributed by atoms with E-state index in [0.29, 0.717) is 5.69 Å². The maximum absolute atomic E-state index is 10.1. The Morgan fingerprint density at radius 1 is 1.62 bits per heavy atom. The molecule has 3 nitrogen and oxygen atoms in total. The van der Waals surface area contributed by atoms with Crippen molar-refractivity contribution in [3.05, 3.63) is 30.1 Å². The highest BCUT2D eigenvalue weighted by Crippen LogP contribution is 2.22. The minimum absolute atomic E-state index is 0.276. The zero-order valence-electron chi connectivity index (χ0n) is 8.07. The van der Waals surface area contributed by atoms with E-state index in [1.54, 1.807) is 19.2 Å². The van der Waals surface area contributed by atoms with Gasteiger partial charge in [0.15, 0.2) is 0 Å². The Balaban J connectivity index is 2.93. The highest BCUT2D eigenvalue weighted by Gasteiger charge is 2.30. The van der Waals surface area contributed by atoms with Gasteiger partial charge in [0.25, 0.3) is 0 Å². The summed E-state index contributed by atoms with van der Waals surface area (Å²) in [7, 11) is 0. The van der Waals surface area contributed by atoms with Gasteiger partial charge in [0.2, 0.25) is 0 Å². The van der Waals surface area contributed by atoms with Gasteiger partial charge in [0, 0.05) is 12.2 Å². The molecule has 0 amide bonds. The van der Waals surface area contributed by atoms with E-state index in [2.05, 4.69) is 4.98 Å². The molecular formula is C10H16N2O. The lowest BCUT2D eigenvalue weighted by atomic mass is 9.91. The van der Waals surface area contributed by atoms with E-state index < -0.39 is 5.60 Å². The molecule has 1 aromatic heterocycles. The summed E-state index contributed by atoms with van der Waals surface area (Å²) < 4.78 is 0. The van der Waals surface area contributed by atoms with Crippen LogP contribution in [0.25, 0.3) is 0 Å². The van der Waals surface area contributed by atoms with Crippen LogP contribution in [-0.4, -0.2) is 16.1 Å². The summed E-state index contributed by atoms with van der Waals surface area (Å²) in [6.07, 6.45) is 2.38. The molecule has 0 aromatic carbocycles. The van der Waals surface area contributed by atoms with E-state index in [1.165, 1.54) is 0 Å². The Labute approximate surface area is 78.6 Å². The number of hydrogen-bond acceptors (Lipinski definition) is 3. The molecular weight excluding hydrogens is 164 g/mol. The molecule has 3 N–H and O–H groups in total. The third-order valence-electron chi connectivity index (χ3n) is 2.35. The van der Waals surface area contributed by atoms with Crippen LogP contribution < -0.4 is 5.73 Å². The second-order valence-electron chi connectivity index (χ2n) is 3.38. The van der Waals surface area contributed by atoms with Crippen LogP contribution in [0, 0.1) is 0 Å². The molecule has 72 valence electrons. The number of aliphatic hydroxyl groups is 1. The zero-order valence-corrected chi connectivity index (χ0v) is 8.07. The lowest BCUT2D eigenvalue weighted by molar-refractivity contribution is 0.0234. The summed E-state index contributed by atoms with van der Waals surface area (Å²) in [6.45, 7) is 3.64. The molecule has 1 rings (SSSR count). The van der Waals surface area contributed by atoms with Crippen molar-refractivity contribution in [2.24, 2.45) is 5.73 Å². The Morgan fingerprint density at radius 2 is 2.31 bits per heavy atom. The summed E-state index contributed by atoms with van der Waals surface area (Å²) in [5, 5.41) is 10.1. The maximum Gasteiger partial charge on any atom is 0.119 e. The molecule has 0 aliphatic carbocycles. The SMILES string of the molecule is CCC(N)C(C)(O)c1ccccn1. The first-order valence-corrected chi connectivity index (χ1v) is 4.48. The van der Waals surface area contributed by atoms with Crippen molar-refractivity contribution >= 4 is 0 Å². The molecule has 2 atom stereocenters. The highest BCUT2D eigenvalue weighted by atomic mass is 16.3. The molecule has 0 bridgehead atoms. The van der Waals surface area contributed by atoms with Gasteiger partial charge < -0.3 is 10.8 Å². The van der Waals surface area contributed by atoms with Gasteiger partial charge in [-0.1, -0.05) is 13.0 Å². The van der Waals surface area contributed by atoms with Gasteiger partial charge in [0.1, 0.15) is 5.60 Å². The topological polar surface area (TPSA) is 59.1 Å². The summed E-state index contributed by atoms with van der Waals surface area (Å²) in [5.74, 6) is 0. The first-order valence-electron chi connectivity index (χ1n) is 4.48. The fraction of sp³-hybridized carbons (Fsp3) is 0.500. The summed E-state index contributed by atoms with van der Waals surface area (Å²) in [6, 6.07) is 5.17. The molecule has 0 spiro atoms. The molecule has 1 aromatic rings. The molecule has 0 aliphatic heterocycles. The predicted molar refractivity (Wildman–Crippen MR) is 52.1 cm³/mol. The molecule has 3 heteroatoms. The quantitative estimate of drug-likeness (QED) is 0.730. The lowest BCUT2D eigenvalue weighted by Crippen LogP contribution is -2.43. The van der Waals surface area contributed by atoms with Crippen LogP contribution in [0.15, 0.2) is 24.4 Å². The van der Waals surface area contributed by atoms with Crippen LogP contribution >= 0.6 is 0 Å². The van der Waals surface area contributed by atoms with Gasteiger partial charge in [-0.2, -0.15) is 0 Å². The Kier molecular flexibility index (Phi) is 3.01. The van der Waals surface area contributed by atoms with E-state index in [4.69, 9.17) is 5.73 Å². The first-order chi connectivity index (χ1) is 6.09. The van der Waals surface area contributed by atoms with Crippen molar-refractivity contribution in [1.29, 1.82) is 0 Å². The van der Waals surface area contributed by atoms with Crippen LogP contribution in [0.2, 0.25) is 0 Å². The number of pyridine rings is 1. The zero-order chi connectivity index (χ0) is 9.90. The molecule has 2 unspecified atom stereocenters. The monoisotopic (exact) mass is 180 g/mol. The van der Waals surface area contributed by atoms with E-state index in [1.807, 2.05) is 19.1 Å². The van der Waals surface area contributed by atoms with Gasteiger partial charge in [-0.25, -0.2) is 0 Å². The molecule has 0 saturated carbocycles. The molecule has 0 radical (unpaired) electrons. The predicted octanol–water partition coefficient (Wildman–Crippen LogP) is 1.03. The normalized spacial score (nSPS) is 17.8. The van der Waals surface area contributed by atoms with E-state index in [0.717, 1.165) is 6.42 Å². The van der Waals surface area contributed by atoms with E-state index >= 15 is 0 Å². The fourth-order valence-corrected chi connectivity index (χ4v) is 1.25. The Morgan fingerprint density at radius 3 is 2.77 bits per heavy atom. The van der Waals surface area contributed by atoms with Gasteiger partial charge in [-0.15, -0.1) is 0 Å². The van der Waals surface area contributed by atoms with Gasteiger partial charge >= 0.3 is 0 Å². The van der Waals surface area contributed by atoms with Crippen molar-refractivity contribution < 1.29 is 5.11 Å². The molecule has 0 aliphatic rings. The molecule has 13 heavy (non-hydrogen) atoms. The number of hydrogen-bond donors (Lipinski definition) is 2. The molecule has 0 fully saturated rings. The summed E-state index contributed by atoms with van der Waals surface area (Å²) in [4.78, 5) is 4.09. The number of rotatable bonds is 3. The number of nitrogens with zero attached hydrogens (tertiary/aromatic N) is 1. The van der Waals surface area contributed by atoms with Crippen LogP contribution in [-0.2, 0) is 5.60 Å². The Bertz CT molecular complexity index is 259. The van der Waals surface area contributed by atoms with Crippen LogP contribution in [0.4, 0.5) is 0 Å². The van der Waals surface area contributed by atoms with Crippen LogP contribution in [0.1, 0.15) is 26.0 Å². The van der Waals surface area contributed by atoms with Gasteiger partial charge in [-0.05, 0) is 25.5 Å². The lowest BCUT2D eigenvalue weighted by Gasteiger charge is -2.28. The van der Waals surface area contributed by atoms with Crippen molar-refractivity contribution in [3.63, 3.8) is 0 Å². The van der Waals surface area contributed by atoms with Crippen molar-refractivity contribution in [1.82, 2.24) is 4.98 Å². The number of aromatic nitrogens is 1. The van der Waals surface area contributed by atoms with E-state index in [9.17, 15) is 5.11 Å². The largest absolute Gasteiger partial charge is 0.382 e. The summed E-state index contributed by atoms with van der Waals surface area (Å²) >= 11 is 0. The smallest absolute Gasteiger partial charge is 0.119 e. The second-order valence-corrected chi connectivity index (χ2v) is 3.38. The fourth-order valence-electron chi connectivity index (χ4n) is 1.25. The van der Waals surface area contributed by atoms with Crippen molar-refractivity contribution in [3.8, 4) is 0 Å². The average molecular weight is 180 g/mol. The molecule has 1 heterocycles. The van der Waals surface area contributed by atoms with Gasteiger partial charge in [0.05, 0.1) is 5.69 Å². The number of nitrogens with two attached hydrogens (primary N) is 1. The van der Waals surface area contributed by atoms with Crippen LogP contribution in [0.3, 0.4) is 0 Å². The van der Waals surface area contributed by atoms with Crippen molar-refractivity contribution in [2.45, 2.75) is 31.9 Å². The molecule has 0 saturated heterocycles. The van der Waals surface area contributed by atoms with Gasteiger partial charge in [-0.3, -0.25) is 4.98 Å². The highest BCUT2D eigenvalue weighted by molar-refractivity contribution is 5.14. The van der Waals surface area contributed by atoms with Crippen molar-refractivity contribution in [2.75, 3.05) is 0 Å². The second kappa shape index (κ2) is 3.85. The summed E-state index contributed by atoms with van der Waals surface area (Å²) in [5.41, 5.74) is 5.39. The maximum atomic E-state index is 10.1. The third kappa shape index (κ3) is 2.05. The van der Waals surface area contributed by atoms with Crippen LogP contribution in [0.5, 0.6) is 0 Å². The third-order valence-corrected chi connectivity index (χ3v) is 2.35. The Hall–Kier alpha value is -0.930. The minimum atomic E-state index is -1.03. The minimum Gasteiger partial charge on any atom is -0.382 e. The standard InChI is InChI=1S/C10H16N2O/c1-3-8(11)10(2,13)9-6-4-5-7-12-9/h4-8,13H,3,11H2,1-2H3. The average Bonchev–Trinajstić information content (AvgIpc) is 2.18. The first kappa shape index (κ1) is 10.2. The van der Waals surface area contributed by atoms with E-state index in [-0.39, 0.29) is 6.04 Å².